The van der Waals surface area contributed by atoms with E-state index in [1.807, 2.05) is 0 Å². The number of aryl methyl sites for hydroxylation is 1. The van der Waals surface area contributed by atoms with Gasteiger partial charge in [0.2, 0.25) is 0 Å². The Morgan fingerprint density at radius 3 is 2.52 bits per heavy atom. The number of nitrogens with zero attached hydrogens (tertiary/aromatic N) is 3. The van der Waals surface area contributed by atoms with Gasteiger partial charge in [0.15, 0.2) is 11.5 Å². The van der Waals surface area contributed by atoms with E-state index in [1.165, 1.54) is 6.20 Å². The molecule has 2 aromatic rings. The summed E-state index contributed by atoms with van der Waals surface area (Å²) >= 11 is 0. The highest BCUT2D eigenvalue weighted by molar-refractivity contribution is 5.59. The zero-order valence-corrected chi connectivity index (χ0v) is 11.5. The highest BCUT2D eigenvalue weighted by atomic mass is 19.4. The van der Waals surface area contributed by atoms with Crippen LogP contribution in [-0.2, 0) is 6.18 Å². The smallest absolute Gasteiger partial charge is 0.357 e. The third-order valence-electron chi connectivity index (χ3n) is 2.54. The van der Waals surface area contributed by atoms with Gasteiger partial charge in [-0.2, -0.15) is 13.2 Å². The number of allylic oxidation sites excluding steroid dienone is 1. The van der Waals surface area contributed by atoms with E-state index in [9.17, 15) is 13.2 Å². The average molecular weight is 294 g/mol. The molecule has 0 saturated heterocycles. The molecule has 0 bridgehead atoms. The summed E-state index contributed by atoms with van der Waals surface area (Å²) in [5.74, 6) is -0.0224. The Kier molecular flexibility index (Phi) is 3.93. The lowest BCUT2D eigenvalue weighted by atomic mass is 10.2. The van der Waals surface area contributed by atoms with Crippen molar-refractivity contribution in [1.82, 2.24) is 15.0 Å². The summed E-state index contributed by atoms with van der Waals surface area (Å²) in [6.45, 7) is 6.87. The van der Waals surface area contributed by atoms with E-state index in [0.29, 0.717) is 11.3 Å². The van der Waals surface area contributed by atoms with Crippen molar-refractivity contribution in [3.05, 3.63) is 48.2 Å². The van der Waals surface area contributed by atoms with Crippen molar-refractivity contribution in [3.8, 4) is 11.4 Å². The largest absolute Gasteiger partial charge is 0.435 e. The summed E-state index contributed by atoms with van der Waals surface area (Å²) < 4.78 is 39.3. The van der Waals surface area contributed by atoms with Gasteiger partial charge in [0.1, 0.15) is 0 Å². The Morgan fingerprint density at radius 1 is 1.24 bits per heavy atom. The van der Waals surface area contributed by atoms with Crippen molar-refractivity contribution >= 4 is 5.69 Å². The van der Waals surface area contributed by atoms with Crippen molar-refractivity contribution in [1.29, 1.82) is 0 Å². The molecule has 0 aliphatic carbocycles. The van der Waals surface area contributed by atoms with Crippen LogP contribution in [0.15, 0.2) is 36.9 Å². The van der Waals surface area contributed by atoms with Gasteiger partial charge >= 0.3 is 6.18 Å². The number of anilines is 1. The van der Waals surface area contributed by atoms with Crippen LogP contribution >= 0.6 is 0 Å². The molecule has 4 nitrogen and oxygen atoms in total. The summed E-state index contributed by atoms with van der Waals surface area (Å²) in [6, 6.07) is 1.67. The molecule has 0 saturated carbocycles. The van der Waals surface area contributed by atoms with Crippen molar-refractivity contribution in [2.45, 2.75) is 20.0 Å². The molecule has 0 aliphatic rings. The van der Waals surface area contributed by atoms with E-state index < -0.39 is 11.9 Å². The molecule has 7 heteroatoms. The van der Waals surface area contributed by atoms with Crippen LogP contribution in [0.1, 0.15) is 18.2 Å². The molecule has 0 aliphatic heterocycles. The number of nitrogens with one attached hydrogen (secondary N) is 1. The molecule has 0 fully saturated rings. The van der Waals surface area contributed by atoms with Gasteiger partial charge in [0.05, 0.1) is 11.9 Å². The minimum Gasteiger partial charge on any atom is -0.357 e. The molecule has 0 amide bonds. The molecule has 0 atom stereocenters. The number of hydrogen-bond donors (Lipinski definition) is 1. The zero-order valence-electron chi connectivity index (χ0n) is 11.5. The van der Waals surface area contributed by atoms with Gasteiger partial charge in [-0.1, -0.05) is 6.58 Å². The van der Waals surface area contributed by atoms with Gasteiger partial charge in [-0.05, 0) is 25.5 Å². The number of pyridine rings is 1. The molecule has 0 unspecified atom stereocenters. The van der Waals surface area contributed by atoms with Crippen LogP contribution in [0.2, 0.25) is 0 Å². The highest BCUT2D eigenvalue weighted by Crippen LogP contribution is 2.34. The minimum atomic E-state index is -4.59. The van der Waals surface area contributed by atoms with Crippen LogP contribution in [0.25, 0.3) is 11.4 Å². The first-order valence-electron chi connectivity index (χ1n) is 6.06. The maximum Gasteiger partial charge on any atom is 0.435 e. The summed E-state index contributed by atoms with van der Waals surface area (Å²) in [4.78, 5) is 11.5. The Morgan fingerprint density at radius 2 is 1.95 bits per heavy atom. The molecular formula is C14H13F3N4. The molecule has 110 valence electrons. The second-order valence-corrected chi connectivity index (χ2v) is 4.61. The third-order valence-corrected chi connectivity index (χ3v) is 2.54. The van der Waals surface area contributed by atoms with E-state index in [2.05, 4.69) is 26.8 Å². The Hall–Kier alpha value is -2.44. The molecule has 2 heterocycles. The van der Waals surface area contributed by atoms with Crippen LogP contribution in [0.5, 0.6) is 0 Å². The molecule has 0 aromatic carbocycles. The molecule has 21 heavy (non-hydrogen) atoms. The van der Waals surface area contributed by atoms with Crippen molar-refractivity contribution in [3.63, 3.8) is 0 Å². The van der Waals surface area contributed by atoms with Gasteiger partial charge < -0.3 is 5.32 Å². The topological polar surface area (TPSA) is 50.7 Å². The predicted molar refractivity (Wildman–Crippen MR) is 73.4 cm³/mol. The molecule has 2 rings (SSSR count). The first-order valence-corrected chi connectivity index (χ1v) is 6.06. The third kappa shape index (κ3) is 3.56. The van der Waals surface area contributed by atoms with E-state index >= 15 is 0 Å². The summed E-state index contributed by atoms with van der Waals surface area (Å²) in [5, 5.41) is 2.51. The quantitative estimate of drug-likeness (QED) is 0.935. The minimum absolute atomic E-state index is 0.0224. The fraction of sp³-hybridized carbons (Fsp3) is 0.214. The fourth-order valence-corrected chi connectivity index (χ4v) is 1.74. The van der Waals surface area contributed by atoms with Crippen molar-refractivity contribution < 1.29 is 13.2 Å². The lowest BCUT2D eigenvalue weighted by molar-refractivity contribution is -0.140. The normalized spacial score (nSPS) is 11.3. The first kappa shape index (κ1) is 15.0. The fourth-order valence-electron chi connectivity index (χ4n) is 1.74. The van der Waals surface area contributed by atoms with Crippen molar-refractivity contribution in [2.24, 2.45) is 0 Å². The van der Waals surface area contributed by atoms with E-state index in [1.54, 1.807) is 26.1 Å². The molecule has 2 aromatic heterocycles. The SMILES string of the molecule is C=C(C)Nc1cnc(-c2cncc(C)c2)nc1C(F)(F)F. The summed E-state index contributed by atoms with van der Waals surface area (Å²) in [6.07, 6.45) is -0.464. The number of hydrogen-bond acceptors (Lipinski definition) is 4. The van der Waals surface area contributed by atoms with Gasteiger partial charge in [-0.3, -0.25) is 4.98 Å². The van der Waals surface area contributed by atoms with Crippen LogP contribution < -0.4 is 5.32 Å². The van der Waals surface area contributed by atoms with Crippen LogP contribution in [0, 0.1) is 6.92 Å². The monoisotopic (exact) mass is 294 g/mol. The molecule has 0 spiro atoms. The second-order valence-electron chi connectivity index (χ2n) is 4.61. The van der Waals surface area contributed by atoms with Gasteiger partial charge in [-0.15, -0.1) is 0 Å². The van der Waals surface area contributed by atoms with Crippen LogP contribution in [-0.4, -0.2) is 15.0 Å². The van der Waals surface area contributed by atoms with E-state index in [4.69, 9.17) is 0 Å². The Bertz CT molecular complexity index is 680. The highest BCUT2D eigenvalue weighted by Gasteiger charge is 2.36. The predicted octanol–water partition coefficient (Wildman–Crippen LogP) is 3.81. The molecule has 0 radical (unpaired) electrons. The lowest BCUT2D eigenvalue weighted by Crippen LogP contribution is -2.14. The second kappa shape index (κ2) is 5.51. The van der Waals surface area contributed by atoms with E-state index in [0.717, 1.165) is 11.8 Å². The lowest BCUT2D eigenvalue weighted by Gasteiger charge is -2.14. The number of alkyl halides is 3. The van der Waals surface area contributed by atoms with Crippen molar-refractivity contribution in [2.75, 3.05) is 5.32 Å². The number of halogens is 3. The molecular weight excluding hydrogens is 281 g/mol. The standard InChI is InChI=1S/C14H13F3N4/c1-8(2)20-11-7-19-13(21-12(11)14(15,16)17)10-4-9(3)5-18-6-10/h4-7,20H,1H2,2-3H3. The van der Waals surface area contributed by atoms with Crippen LogP contribution in [0.4, 0.5) is 18.9 Å². The number of rotatable bonds is 3. The Balaban J connectivity index is 2.54. The summed E-state index contributed by atoms with van der Waals surface area (Å²) in [5.41, 5.74) is 0.363. The number of aromatic nitrogens is 3. The van der Waals surface area contributed by atoms with Gasteiger partial charge in [-0.25, -0.2) is 9.97 Å². The summed E-state index contributed by atoms with van der Waals surface area (Å²) in [7, 11) is 0. The zero-order chi connectivity index (χ0) is 15.6. The first-order chi connectivity index (χ1) is 9.77. The average Bonchev–Trinajstić information content (AvgIpc) is 2.37. The maximum atomic E-state index is 13.1. The van der Waals surface area contributed by atoms with Gasteiger partial charge in [0.25, 0.3) is 0 Å². The van der Waals surface area contributed by atoms with Crippen LogP contribution in [0.3, 0.4) is 0 Å². The molecule has 1 N–H and O–H groups in total. The Labute approximate surface area is 119 Å². The van der Waals surface area contributed by atoms with E-state index in [-0.39, 0.29) is 11.5 Å². The maximum absolute atomic E-state index is 13.1. The van der Waals surface area contributed by atoms with Gasteiger partial charge in [0, 0.05) is 23.7 Å².